The van der Waals surface area contributed by atoms with Crippen LogP contribution in [0.5, 0.6) is 11.5 Å². The van der Waals surface area contributed by atoms with Crippen LogP contribution < -0.4 is 60.2 Å². The first kappa shape index (κ1) is 60.5. The summed E-state index contributed by atoms with van der Waals surface area (Å²) < 4.78 is 0. The summed E-state index contributed by atoms with van der Waals surface area (Å²) in [7, 11) is 2.00. The van der Waals surface area contributed by atoms with E-state index in [1.807, 2.05) is 0 Å². The van der Waals surface area contributed by atoms with Gasteiger partial charge in [0.1, 0.15) is 53.8 Å². The Hall–Kier alpha value is -7.38. The number of unbranched alkanes of at least 4 members (excludes halogenated alkanes) is 1. The largest absolute Gasteiger partial charge is 0.508 e. The summed E-state index contributed by atoms with van der Waals surface area (Å²) in [5.74, 6) is -8.00. The number of carbonyl (C=O) groups excluding carboxylic acids is 9. The van der Waals surface area contributed by atoms with E-state index in [0.717, 1.165) is 21.6 Å². The van der Waals surface area contributed by atoms with Crippen LogP contribution in [0.25, 0.3) is 0 Å². The molecule has 1 aliphatic heterocycles. The number of benzene rings is 4. The van der Waals surface area contributed by atoms with E-state index in [9.17, 15) is 53.4 Å². The molecule has 1 aliphatic rings. The van der Waals surface area contributed by atoms with Crippen molar-refractivity contribution in [1.82, 2.24) is 37.2 Å². The quantitative estimate of drug-likeness (QED) is 0.0456. The third kappa shape index (κ3) is 19.6. The van der Waals surface area contributed by atoms with E-state index in [1.54, 1.807) is 24.3 Å². The predicted octanol–water partition coefficient (Wildman–Crippen LogP) is -0.129. The molecule has 1 fully saturated rings. The van der Waals surface area contributed by atoms with Crippen LogP contribution in [0.2, 0.25) is 5.02 Å². The minimum Gasteiger partial charge on any atom is -0.508 e. The van der Waals surface area contributed by atoms with Gasteiger partial charge >= 0.3 is 0 Å². The Morgan fingerprint density at radius 3 is 1.69 bits per heavy atom. The highest BCUT2D eigenvalue weighted by Gasteiger charge is 2.35. The Bertz CT molecular complexity index is 2710. The first-order chi connectivity index (χ1) is 36.7. The number of amides is 9. The van der Waals surface area contributed by atoms with E-state index in [1.165, 1.54) is 79.7 Å². The maximum atomic E-state index is 14.7. The minimum atomic E-state index is -1.46. The molecule has 0 aliphatic carbocycles. The number of phenols is 2. The van der Waals surface area contributed by atoms with Gasteiger partial charge in [-0.15, -0.1) is 0 Å². The zero-order valence-corrected chi connectivity index (χ0v) is 44.4. The fourth-order valence-corrected chi connectivity index (χ4v) is 10.2. The molecule has 1 unspecified atom stereocenters. The van der Waals surface area contributed by atoms with Crippen molar-refractivity contribution >= 4 is 86.4 Å². The molecule has 22 nitrogen and oxygen atoms in total. The molecule has 8 atom stereocenters. The van der Waals surface area contributed by atoms with E-state index in [0.29, 0.717) is 40.1 Å². The van der Waals surface area contributed by atoms with Gasteiger partial charge in [0.05, 0.1) is 6.04 Å². The van der Waals surface area contributed by atoms with Gasteiger partial charge in [0.2, 0.25) is 53.2 Å². The van der Waals surface area contributed by atoms with Crippen molar-refractivity contribution in [1.29, 1.82) is 0 Å². The molecule has 9 amide bonds. The molecule has 0 radical (unpaired) electrons. The predicted molar refractivity (Wildman–Crippen MR) is 292 cm³/mol. The molecular formula is C52H64ClN11O11S2. The maximum absolute atomic E-state index is 14.7. The summed E-state index contributed by atoms with van der Waals surface area (Å²) in [6.07, 6.45) is 0.368. The zero-order valence-electron chi connectivity index (χ0n) is 42.0. The van der Waals surface area contributed by atoms with E-state index in [-0.39, 0.29) is 67.2 Å². The van der Waals surface area contributed by atoms with Gasteiger partial charge in [0.25, 0.3) is 0 Å². The molecule has 17 N–H and O–H groups in total. The molecule has 77 heavy (non-hydrogen) atoms. The molecule has 5 rings (SSSR count). The van der Waals surface area contributed by atoms with Crippen molar-refractivity contribution in [2.45, 2.75) is 100 Å². The minimum absolute atomic E-state index is 0.0293. The Balaban J connectivity index is 1.54. The fourth-order valence-electron chi connectivity index (χ4n) is 7.79. The first-order valence-corrected chi connectivity index (χ1v) is 27.4. The second-order valence-corrected chi connectivity index (χ2v) is 21.3. The third-order valence-corrected chi connectivity index (χ3v) is 14.9. The second-order valence-electron chi connectivity index (χ2n) is 18.3. The number of aromatic hydroxyl groups is 2. The Morgan fingerprint density at radius 2 is 1.13 bits per heavy atom. The molecule has 0 saturated carbocycles. The molecule has 0 spiro atoms. The van der Waals surface area contributed by atoms with Crippen LogP contribution >= 0.6 is 33.2 Å². The number of hydrogen-bond acceptors (Lipinski definition) is 15. The van der Waals surface area contributed by atoms with Crippen LogP contribution in [0.1, 0.15) is 58.8 Å². The summed E-state index contributed by atoms with van der Waals surface area (Å²) in [5, 5.41) is 38.9. The number of nitrogens with one attached hydrogen (secondary N) is 7. The monoisotopic (exact) mass is 1120 g/mol. The lowest BCUT2D eigenvalue weighted by Gasteiger charge is -2.28. The van der Waals surface area contributed by atoms with Gasteiger partial charge in [0.15, 0.2) is 0 Å². The molecule has 0 bridgehead atoms. The van der Waals surface area contributed by atoms with Gasteiger partial charge in [-0.3, -0.25) is 43.2 Å². The van der Waals surface area contributed by atoms with Crippen LogP contribution in [0.4, 0.5) is 0 Å². The molecule has 25 heteroatoms. The van der Waals surface area contributed by atoms with Crippen LogP contribution in [-0.2, 0) is 64.0 Å². The lowest BCUT2D eigenvalue weighted by atomic mass is 10.0. The molecule has 4 aromatic rings. The van der Waals surface area contributed by atoms with Gasteiger partial charge < -0.3 is 70.4 Å². The smallest absolute Gasteiger partial charge is 0.248 e. The summed E-state index contributed by atoms with van der Waals surface area (Å²) >= 11 is 6.06. The van der Waals surface area contributed by atoms with Crippen LogP contribution in [0, 0.1) is 0 Å². The van der Waals surface area contributed by atoms with Crippen molar-refractivity contribution in [3.8, 4) is 11.5 Å². The highest BCUT2D eigenvalue weighted by atomic mass is 35.5. The van der Waals surface area contributed by atoms with Crippen LogP contribution in [-0.4, -0.2) is 130 Å². The average Bonchev–Trinajstić information content (AvgIpc) is 3.39. The van der Waals surface area contributed by atoms with E-state index < -0.39 is 101 Å². The zero-order chi connectivity index (χ0) is 56.2. The highest BCUT2D eigenvalue weighted by molar-refractivity contribution is 8.76. The van der Waals surface area contributed by atoms with Crippen molar-refractivity contribution in [2.24, 2.45) is 22.9 Å². The number of nitrogens with two attached hydrogens (primary N) is 4. The summed E-state index contributed by atoms with van der Waals surface area (Å²) in [5.41, 5.74) is 25.6. The number of halogens is 1. The van der Waals surface area contributed by atoms with E-state index >= 15 is 0 Å². The maximum Gasteiger partial charge on any atom is 0.248 e. The van der Waals surface area contributed by atoms with E-state index in [4.69, 9.17) is 34.5 Å². The number of phenolic OH excluding ortho intramolecular Hbond substituents is 2. The van der Waals surface area contributed by atoms with Crippen molar-refractivity contribution in [2.75, 3.05) is 18.1 Å². The topological polar surface area (TPSA) is 382 Å². The van der Waals surface area contributed by atoms with Crippen molar-refractivity contribution < 1.29 is 53.4 Å². The van der Waals surface area contributed by atoms with Gasteiger partial charge in [-0.05, 0) is 110 Å². The van der Waals surface area contributed by atoms with Crippen molar-refractivity contribution in [3.63, 3.8) is 0 Å². The van der Waals surface area contributed by atoms with Crippen LogP contribution in [0.15, 0.2) is 97.1 Å². The SMILES string of the molecule is C[C@@H]1NC(=O)[C@H](CCCCN)NC(=O)[C@@H](Cc2ccc(C(N)=O)cc2)NC(=O)[C@H](Cc2ccc(O)cc2)NC(=O)[C@H](NC(=O)[C@@H](N)Cc2ccc(Cl)cc2)CSSC[C@@H](C(=O)NC(Cc2ccc(O)cc2)C(N)=O)NC1=O. The molecular weight excluding hydrogens is 1050 g/mol. The summed E-state index contributed by atoms with van der Waals surface area (Å²) in [6, 6.07) is 13.3. The average molecular weight is 1120 g/mol. The van der Waals surface area contributed by atoms with Gasteiger partial charge in [-0.2, -0.15) is 0 Å². The third-order valence-electron chi connectivity index (χ3n) is 12.2. The number of rotatable bonds is 18. The Kier molecular flexibility index (Phi) is 23.4. The van der Waals surface area contributed by atoms with Gasteiger partial charge in [0, 0.05) is 41.4 Å². The Morgan fingerprint density at radius 1 is 0.636 bits per heavy atom. The number of carbonyl (C=O) groups is 9. The van der Waals surface area contributed by atoms with Crippen molar-refractivity contribution in [3.05, 3.63) is 130 Å². The molecule has 1 saturated heterocycles. The second kappa shape index (κ2) is 29.8. The standard InChI is InChI=1S/C52H64ClN11O11S2/c1-28-46(69)63-42(51(74)60-39(45(57)68)23-31-9-17-35(65)18-10-31)26-76-77-27-43(64-47(70)37(55)22-29-7-15-34(53)16-8-29)52(75)62-41(25-32-11-19-36(66)20-12-32)50(73)61-40(24-30-5-13-33(14-6-30)44(56)67)49(72)59-38(48(71)58-28)4-2-3-21-54/h5-20,28,37-43,65-66H,2-4,21-27,54-55H2,1H3,(H2,56,67)(H2,57,68)(H,58,71)(H,59,72)(H,60,74)(H,61,73)(H,62,75)(H,63,69)(H,64,70)/t28-,37-,38-,39?,40+,41-,42-,43+/m0/s1. The van der Waals surface area contributed by atoms with Gasteiger partial charge in [-0.25, -0.2) is 0 Å². The van der Waals surface area contributed by atoms with Crippen LogP contribution in [0.3, 0.4) is 0 Å². The van der Waals surface area contributed by atoms with Gasteiger partial charge in [-0.1, -0.05) is 81.7 Å². The van der Waals surface area contributed by atoms with E-state index in [2.05, 4.69) is 37.2 Å². The molecule has 4 aromatic carbocycles. The molecule has 0 aromatic heterocycles. The number of hydrogen-bond donors (Lipinski definition) is 13. The summed E-state index contributed by atoms with van der Waals surface area (Å²) in [6.45, 7) is 1.60. The number of primary amides is 2. The molecule has 1 heterocycles. The lowest BCUT2D eigenvalue weighted by Crippen LogP contribution is -2.61. The molecule has 412 valence electrons. The Labute approximate surface area is 457 Å². The summed E-state index contributed by atoms with van der Waals surface area (Å²) in [4.78, 5) is 124. The normalized spacial score (nSPS) is 20.9. The first-order valence-electron chi connectivity index (χ1n) is 24.5. The lowest BCUT2D eigenvalue weighted by molar-refractivity contribution is -0.135. The fraction of sp³-hybridized carbons (Fsp3) is 0.365. The highest BCUT2D eigenvalue weighted by Crippen LogP contribution is 2.24.